The van der Waals surface area contributed by atoms with E-state index < -0.39 is 11.7 Å². The number of rotatable bonds is 3. The van der Waals surface area contributed by atoms with E-state index in [9.17, 15) is 13.2 Å². The van der Waals surface area contributed by atoms with E-state index in [-0.39, 0.29) is 12.1 Å². The first kappa shape index (κ1) is 15.9. The molecular formula is C14H11Cl2F3N2. The predicted molar refractivity (Wildman–Crippen MR) is 77.8 cm³/mol. The molecule has 2 aromatic rings. The average Bonchev–Trinajstić information content (AvgIpc) is 2.38. The third-order valence-corrected chi connectivity index (χ3v) is 3.37. The lowest BCUT2D eigenvalue weighted by molar-refractivity contribution is -0.138. The first-order valence-corrected chi connectivity index (χ1v) is 6.74. The second-order valence-electron chi connectivity index (χ2n) is 4.48. The molecular weight excluding hydrogens is 324 g/mol. The van der Waals surface area contributed by atoms with Crippen molar-refractivity contribution >= 4 is 29.0 Å². The molecule has 0 aliphatic rings. The van der Waals surface area contributed by atoms with Crippen LogP contribution in [-0.2, 0) is 12.7 Å². The molecule has 0 aliphatic carbocycles. The molecule has 1 heterocycles. The highest BCUT2D eigenvalue weighted by atomic mass is 35.5. The van der Waals surface area contributed by atoms with E-state index in [1.165, 1.54) is 25.3 Å². The summed E-state index contributed by atoms with van der Waals surface area (Å²) in [5, 5.41) is 3.59. The van der Waals surface area contributed by atoms with E-state index in [0.29, 0.717) is 21.4 Å². The van der Waals surface area contributed by atoms with Crippen LogP contribution in [0.4, 0.5) is 19.0 Å². The summed E-state index contributed by atoms with van der Waals surface area (Å²) in [6.07, 6.45) is -2.96. The molecule has 7 heteroatoms. The number of hydrogen-bond donors (Lipinski definition) is 1. The molecule has 0 saturated carbocycles. The Balaban J connectivity index is 2.17. The van der Waals surface area contributed by atoms with Gasteiger partial charge in [-0.15, -0.1) is 0 Å². The van der Waals surface area contributed by atoms with Gasteiger partial charge in [-0.1, -0.05) is 35.3 Å². The van der Waals surface area contributed by atoms with E-state index in [1.54, 1.807) is 6.07 Å². The van der Waals surface area contributed by atoms with Crippen LogP contribution in [0.1, 0.15) is 16.7 Å². The summed E-state index contributed by atoms with van der Waals surface area (Å²) in [4.78, 5) is 3.98. The van der Waals surface area contributed by atoms with Crippen LogP contribution in [0, 0.1) is 6.92 Å². The number of halogens is 5. The lowest BCUT2D eigenvalue weighted by atomic mass is 10.0. The zero-order chi connectivity index (χ0) is 15.6. The number of benzene rings is 1. The van der Waals surface area contributed by atoms with Crippen LogP contribution in [0.3, 0.4) is 0 Å². The Bertz CT molecular complexity index is 657. The van der Waals surface area contributed by atoms with Crippen LogP contribution in [0.15, 0.2) is 30.5 Å². The highest BCUT2D eigenvalue weighted by Gasteiger charge is 2.32. The van der Waals surface area contributed by atoms with Crippen molar-refractivity contribution in [3.63, 3.8) is 0 Å². The molecule has 21 heavy (non-hydrogen) atoms. The van der Waals surface area contributed by atoms with Crippen LogP contribution in [-0.4, -0.2) is 4.98 Å². The fourth-order valence-corrected chi connectivity index (χ4v) is 2.26. The van der Waals surface area contributed by atoms with Crippen LogP contribution in [0.25, 0.3) is 0 Å². The number of aryl methyl sites for hydroxylation is 1. The monoisotopic (exact) mass is 334 g/mol. The first-order valence-electron chi connectivity index (χ1n) is 5.99. The van der Waals surface area contributed by atoms with E-state index in [0.717, 1.165) is 6.07 Å². The van der Waals surface area contributed by atoms with Gasteiger partial charge in [0.2, 0.25) is 0 Å². The molecule has 0 saturated heterocycles. The van der Waals surface area contributed by atoms with Gasteiger partial charge in [0, 0.05) is 12.7 Å². The van der Waals surface area contributed by atoms with Gasteiger partial charge in [0.1, 0.15) is 5.82 Å². The van der Waals surface area contributed by atoms with Gasteiger partial charge in [0.05, 0.1) is 15.6 Å². The van der Waals surface area contributed by atoms with Gasteiger partial charge < -0.3 is 5.32 Å². The van der Waals surface area contributed by atoms with Crippen molar-refractivity contribution in [3.8, 4) is 0 Å². The minimum Gasteiger partial charge on any atom is -0.365 e. The van der Waals surface area contributed by atoms with Gasteiger partial charge in [-0.2, -0.15) is 13.2 Å². The van der Waals surface area contributed by atoms with E-state index in [1.807, 2.05) is 0 Å². The van der Waals surface area contributed by atoms with Crippen LogP contribution < -0.4 is 5.32 Å². The summed E-state index contributed by atoms with van der Waals surface area (Å²) in [6, 6.07) is 5.69. The molecule has 0 unspecified atom stereocenters. The number of hydrogen-bond acceptors (Lipinski definition) is 2. The molecule has 1 aromatic heterocycles. The number of pyridine rings is 1. The molecule has 0 spiro atoms. The molecule has 0 radical (unpaired) electrons. The molecule has 0 atom stereocenters. The normalized spacial score (nSPS) is 11.5. The second-order valence-corrected chi connectivity index (χ2v) is 5.33. The fraction of sp³-hybridized carbons (Fsp3) is 0.214. The maximum absolute atomic E-state index is 12.8. The van der Waals surface area contributed by atoms with Gasteiger partial charge >= 0.3 is 6.18 Å². The van der Waals surface area contributed by atoms with Crippen molar-refractivity contribution in [2.45, 2.75) is 19.6 Å². The van der Waals surface area contributed by atoms with Crippen molar-refractivity contribution in [2.75, 3.05) is 5.32 Å². The highest BCUT2D eigenvalue weighted by molar-refractivity contribution is 6.35. The summed E-state index contributed by atoms with van der Waals surface area (Å²) >= 11 is 11.7. The van der Waals surface area contributed by atoms with Crippen molar-refractivity contribution in [1.82, 2.24) is 4.98 Å². The Morgan fingerprint density at radius 3 is 2.52 bits per heavy atom. The molecule has 2 nitrogen and oxygen atoms in total. The molecule has 1 N–H and O–H groups in total. The third kappa shape index (κ3) is 4.02. The standard InChI is InChI=1S/C14H11Cl2F3N2/c1-8-2-3-9(4-11(8)14(17,18)19)6-20-13-12(16)5-10(15)7-21-13/h2-5,7H,6H2,1H3,(H,20,21). The summed E-state index contributed by atoms with van der Waals surface area (Å²) in [7, 11) is 0. The topological polar surface area (TPSA) is 24.9 Å². The minimum absolute atomic E-state index is 0.178. The summed E-state index contributed by atoms with van der Waals surface area (Å²) in [6.45, 7) is 1.61. The number of nitrogens with one attached hydrogen (secondary N) is 1. The SMILES string of the molecule is Cc1ccc(CNc2ncc(Cl)cc2Cl)cc1C(F)(F)F. The van der Waals surface area contributed by atoms with Crippen molar-refractivity contribution in [3.05, 3.63) is 57.2 Å². The van der Waals surface area contributed by atoms with Crippen LogP contribution in [0.2, 0.25) is 10.0 Å². The Labute approximate surface area is 129 Å². The maximum Gasteiger partial charge on any atom is 0.416 e. The van der Waals surface area contributed by atoms with E-state index in [4.69, 9.17) is 23.2 Å². The molecule has 0 amide bonds. The zero-order valence-corrected chi connectivity index (χ0v) is 12.4. The fourth-order valence-electron chi connectivity index (χ4n) is 1.81. The minimum atomic E-state index is -4.36. The van der Waals surface area contributed by atoms with Gasteiger partial charge in [0.15, 0.2) is 0 Å². The molecule has 0 bridgehead atoms. The molecule has 112 valence electrons. The Morgan fingerprint density at radius 1 is 1.19 bits per heavy atom. The molecule has 2 rings (SSSR count). The van der Waals surface area contributed by atoms with Gasteiger partial charge in [-0.05, 0) is 30.2 Å². The maximum atomic E-state index is 12.8. The molecule has 1 aromatic carbocycles. The van der Waals surface area contributed by atoms with Crippen molar-refractivity contribution < 1.29 is 13.2 Å². The largest absolute Gasteiger partial charge is 0.416 e. The number of alkyl halides is 3. The average molecular weight is 335 g/mol. The number of nitrogens with zero attached hydrogens (tertiary/aromatic N) is 1. The Hall–Kier alpha value is -1.46. The third-order valence-electron chi connectivity index (χ3n) is 2.88. The molecule has 0 aliphatic heterocycles. The van der Waals surface area contributed by atoms with Gasteiger partial charge in [-0.3, -0.25) is 0 Å². The zero-order valence-electron chi connectivity index (χ0n) is 10.9. The smallest absolute Gasteiger partial charge is 0.365 e. The summed E-state index contributed by atoms with van der Waals surface area (Å²) < 4.78 is 38.5. The predicted octanol–water partition coefficient (Wildman–Crippen LogP) is 5.33. The van der Waals surface area contributed by atoms with Gasteiger partial charge in [-0.25, -0.2) is 4.98 Å². The Kier molecular flexibility index (Phi) is 4.64. The quantitative estimate of drug-likeness (QED) is 0.820. The van der Waals surface area contributed by atoms with Crippen molar-refractivity contribution in [2.24, 2.45) is 0 Å². The lowest BCUT2D eigenvalue weighted by Crippen LogP contribution is -2.09. The summed E-state index contributed by atoms with van der Waals surface area (Å²) in [5.74, 6) is 0.371. The van der Waals surface area contributed by atoms with E-state index in [2.05, 4.69) is 10.3 Å². The van der Waals surface area contributed by atoms with Gasteiger partial charge in [0.25, 0.3) is 0 Å². The number of aromatic nitrogens is 1. The Morgan fingerprint density at radius 2 is 1.90 bits per heavy atom. The number of anilines is 1. The van der Waals surface area contributed by atoms with Crippen LogP contribution >= 0.6 is 23.2 Å². The van der Waals surface area contributed by atoms with Crippen molar-refractivity contribution in [1.29, 1.82) is 0 Å². The highest BCUT2D eigenvalue weighted by Crippen LogP contribution is 2.32. The van der Waals surface area contributed by atoms with E-state index >= 15 is 0 Å². The molecule has 0 fully saturated rings. The second kappa shape index (κ2) is 6.12. The van der Waals surface area contributed by atoms with Crippen LogP contribution in [0.5, 0.6) is 0 Å². The first-order chi connectivity index (χ1) is 9.77. The summed E-state index contributed by atoms with van der Waals surface area (Å²) in [5.41, 5.74) is 0.0339. The lowest BCUT2D eigenvalue weighted by Gasteiger charge is -2.13.